The van der Waals surface area contributed by atoms with Gasteiger partial charge in [-0.25, -0.2) is 4.79 Å². The third kappa shape index (κ3) is 4.57. The van der Waals surface area contributed by atoms with Crippen LogP contribution in [0.15, 0.2) is 28.8 Å². The number of carbonyl (C=O) groups excluding carboxylic acids is 1. The molecule has 0 saturated carbocycles. The lowest BCUT2D eigenvalue weighted by molar-refractivity contribution is 0.250. The molecule has 21 heavy (non-hydrogen) atoms. The molecule has 0 saturated heterocycles. The van der Waals surface area contributed by atoms with Crippen molar-refractivity contribution in [2.45, 2.75) is 6.92 Å². The Bertz CT molecular complexity index is 609. The van der Waals surface area contributed by atoms with Crippen LogP contribution >= 0.6 is 0 Å². The molecule has 0 atom stereocenters. The first-order chi connectivity index (χ1) is 10.0. The molecule has 1 heterocycles. The Balaban J connectivity index is 1.96. The van der Waals surface area contributed by atoms with Crippen LogP contribution in [-0.4, -0.2) is 48.3 Å². The number of benzene rings is 1. The van der Waals surface area contributed by atoms with Gasteiger partial charge >= 0.3 is 6.03 Å². The standard InChI is InChI=1S/C14H19N5O2/c1-10-16-13(21-18-10)11-5-4-6-12(9-11)17-14(20)15-7-8-19(2)3/h4-6,9H,7-8H2,1-3H3,(H2,15,17,20). The van der Waals surface area contributed by atoms with E-state index in [2.05, 4.69) is 20.8 Å². The summed E-state index contributed by atoms with van der Waals surface area (Å²) in [4.78, 5) is 17.9. The van der Waals surface area contributed by atoms with E-state index < -0.39 is 0 Å². The van der Waals surface area contributed by atoms with Crippen molar-refractivity contribution in [1.29, 1.82) is 0 Å². The molecule has 0 unspecified atom stereocenters. The van der Waals surface area contributed by atoms with Crippen LogP contribution in [0.5, 0.6) is 0 Å². The van der Waals surface area contributed by atoms with Gasteiger partial charge in [-0.05, 0) is 39.2 Å². The molecule has 0 radical (unpaired) electrons. The van der Waals surface area contributed by atoms with Crippen molar-refractivity contribution in [2.75, 3.05) is 32.5 Å². The van der Waals surface area contributed by atoms with E-state index in [9.17, 15) is 4.79 Å². The number of aromatic nitrogens is 2. The van der Waals surface area contributed by atoms with Gasteiger partial charge in [0.1, 0.15) is 0 Å². The summed E-state index contributed by atoms with van der Waals surface area (Å²) in [5, 5.41) is 9.31. The van der Waals surface area contributed by atoms with Gasteiger partial charge in [0.05, 0.1) is 0 Å². The van der Waals surface area contributed by atoms with Crippen molar-refractivity contribution in [3.8, 4) is 11.5 Å². The summed E-state index contributed by atoms with van der Waals surface area (Å²) in [6.45, 7) is 3.13. The average Bonchev–Trinajstić information content (AvgIpc) is 2.85. The van der Waals surface area contributed by atoms with Crippen molar-refractivity contribution in [3.63, 3.8) is 0 Å². The zero-order valence-corrected chi connectivity index (χ0v) is 12.4. The molecule has 1 aromatic heterocycles. The molecule has 2 rings (SSSR count). The zero-order chi connectivity index (χ0) is 15.2. The van der Waals surface area contributed by atoms with Crippen LogP contribution in [0.2, 0.25) is 0 Å². The number of hydrogen-bond donors (Lipinski definition) is 2. The van der Waals surface area contributed by atoms with Crippen molar-refractivity contribution < 1.29 is 9.32 Å². The van der Waals surface area contributed by atoms with Gasteiger partial charge in [-0.1, -0.05) is 11.2 Å². The highest BCUT2D eigenvalue weighted by molar-refractivity contribution is 5.89. The molecule has 2 amide bonds. The van der Waals surface area contributed by atoms with Gasteiger partial charge in [-0.2, -0.15) is 4.98 Å². The molecular formula is C14H19N5O2. The number of carbonyl (C=O) groups is 1. The maximum absolute atomic E-state index is 11.8. The first-order valence-electron chi connectivity index (χ1n) is 6.65. The Hall–Kier alpha value is -2.41. The topological polar surface area (TPSA) is 83.3 Å². The Labute approximate surface area is 123 Å². The molecule has 2 aromatic rings. The van der Waals surface area contributed by atoms with Crippen LogP contribution in [0.4, 0.5) is 10.5 Å². The average molecular weight is 289 g/mol. The summed E-state index contributed by atoms with van der Waals surface area (Å²) in [5.74, 6) is 1.01. The van der Waals surface area contributed by atoms with E-state index >= 15 is 0 Å². The molecule has 0 fully saturated rings. The van der Waals surface area contributed by atoms with E-state index in [1.807, 2.05) is 31.1 Å². The highest BCUT2D eigenvalue weighted by atomic mass is 16.5. The maximum atomic E-state index is 11.8. The lowest BCUT2D eigenvalue weighted by Crippen LogP contribution is -2.34. The molecule has 0 bridgehead atoms. The van der Waals surface area contributed by atoms with Gasteiger partial charge in [0, 0.05) is 24.3 Å². The van der Waals surface area contributed by atoms with Gasteiger partial charge in [0.25, 0.3) is 5.89 Å². The lowest BCUT2D eigenvalue weighted by Gasteiger charge is -2.11. The number of anilines is 1. The fourth-order valence-electron chi connectivity index (χ4n) is 1.71. The Morgan fingerprint density at radius 2 is 2.19 bits per heavy atom. The minimum atomic E-state index is -0.240. The number of likely N-dealkylation sites (N-methyl/N-ethyl adjacent to an activating group) is 1. The Kier molecular flexibility index (Phi) is 4.89. The predicted octanol–water partition coefficient (Wildman–Crippen LogP) is 1.73. The second-order valence-corrected chi connectivity index (χ2v) is 4.91. The van der Waals surface area contributed by atoms with Gasteiger partial charge in [-0.3, -0.25) is 0 Å². The van der Waals surface area contributed by atoms with E-state index in [-0.39, 0.29) is 6.03 Å². The van der Waals surface area contributed by atoms with Gasteiger partial charge in [0.15, 0.2) is 5.82 Å². The number of nitrogens with one attached hydrogen (secondary N) is 2. The van der Waals surface area contributed by atoms with Gasteiger partial charge < -0.3 is 20.1 Å². The van der Waals surface area contributed by atoms with Crippen molar-refractivity contribution in [2.24, 2.45) is 0 Å². The highest BCUT2D eigenvalue weighted by Crippen LogP contribution is 2.20. The quantitative estimate of drug-likeness (QED) is 0.875. The number of rotatable bonds is 5. The van der Waals surface area contributed by atoms with Gasteiger partial charge in [0.2, 0.25) is 0 Å². The third-order valence-electron chi connectivity index (χ3n) is 2.74. The van der Waals surface area contributed by atoms with Crippen LogP contribution < -0.4 is 10.6 Å². The second kappa shape index (κ2) is 6.85. The molecule has 112 valence electrons. The number of aryl methyl sites for hydroxylation is 1. The molecule has 1 aromatic carbocycles. The molecule has 7 nitrogen and oxygen atoms in total. The molecular weight excluding hydrogens is 270 g/mol. The summed E-state index contributed by atoms with van der Waals surface area (Å²) >= 11 is 0. The third-order valence-corrected chi connectivity index (χ3v) is 2.74. The van der Waals surface area contributed by atoms with Crippen LogP contribution in [0, 0.1) is 6.92 Å². The minimum Gasteiger partial charge on any atom is -0.337 e. The molecule has 2 N–H and O–H groups in total. The summed E-state index contributed by atoms with van der Waals surface area (Å²) in [6, 6.07) is 7.03. The van der Waals surface area contributed by atoms with Crippen molar-refractivity contribution in [1.82, 2.24) is 20.4 Å². The normalized spacial score (nSPS) is 10.7. The fraction of sp³-hybridized carbons (Fsp3) is 0.357. The smallest absolute Gasteiger partial charge is 0.319 e. The first kappa shape index (κ1) is 15.0. The summed E-state index contributed by atoms with van der Waals surface area (Å²) < 4.78 is 5.11. The Morgan fingerprint density at radius 3 is 2.86 bits per heavy atom. The highest BCUT2D eigenvalue weighted by Gasteiger charge is 2.08. The maximum Gasteiger partial charge on any atom is 0.319 e. The number of amides is 2. The molecule has 0 aliphatic rings. The number of nitrogens with zero attached hydrogens (tertiary/aromatic N) is 3. The molecule has 0 aliphatic heterocycles. The fourth-order valence-corrected chi connectivity index (χ4v) is 1.71. The van der Waals surface area contributed by atoms with Crippen LogP contribution in [-0.2, 0) is 0 Å². The van der Waals surface area contributed by atoms with E-state index in [1.54, 1.807) is 19.1 Å². The van der Waals surface area contributed by atoms with E-state index in [4.69, 9.17) is 4.52 Å². The van der Waals surface area contributed by atoms with Crippen LogP contribution in [0.1, 0.15) is 5.82 Å². The van der Waals surface area contributed by atoms with Crippen LogP contribution in [0.25, 0.3) is 11.5 Å². The van der Waals surface area contributed by atoms with E-state index in [0.717, 1.165) is 12.1 Å². The number of hydrogen-bond acceptors (Lipinski definition) is 5. The predicted molar refractivity (Wildman–Crippen MR) is 80.0 cm³/mol. The molecule has 7 heteroatoms. The second-order valence-electron chi connectivity index (χ2n) is 4.91. The monoisotopic (exact) mass is 289 g/mol. The SMILES string of the molecule is Cc1noc(-c2cccc(NC(=O)NCCN(C)C)c2)n1. The largest absolute Gasteiger partial charge is 0.337 e. The Morgan fingerprint density at radius 1 is 1.38 bits per heavy atom. The molecule has 0 spiro atoms. The van der Waals surface area contributed by atoms with Crippen molar-refractivity contribution in [3.05, 3.63) is 30.1 Å². The first-order valence-corrected chi connectivity index (χ1v) is 6.65. The summed E-state index contributed by atoms with van der Waals surface area (Å²) in [6.07, 6.45) is 0. The van der Waals surface area contributed by atoms with Crippen LogP contribution in [0.3, 0.4) is 0 Å². The van der Waals surface area contributed by atoms with Gasteiger partial charge in [-0.15, -0.1) is 0 Å². The summed E-state index contributed by atoms with van der Waals surface area (Å²) in [5.41, 5.74) is 1.44. The summed E-state index contributed by atoms with van der Waals surface area (Å²) in [7, 11) is 3.91. The number of urea groups is 1. The van der Waals surface area contributed by atoms with E-state index in [0.29, 0.717) is 23.9 Å². The van der Waals surface area contributed by atoms with E-state index in [1.165, 1.54) is 0 Å². The zero-order valence-electron chi connectivity index (χ0n) is 12.4. The minimum absolute atomic E-state index is 0.240. The van der Waals surface area contributed by atoms with Crippen molar-refractivity contribution >= 4 is 11.7 Å². The lowest BCUT2D eigenvalue weighted by atomic mass is 10.2. The molecule has 0 aliphatic carbocycles.